The van der Waals surface area contributed by atoms with E-state index in [1.165, 1.54) is 0 Å². The average Bonchev–Trinajstić information content (AvgIpc) is 3.12. The highest BCUT2D eigenvalue weighted by atomic mass is 35.5. The van der Waals surface area contributed by atoms with Crippen molar-refractivity contribution in [2.24, 2.45) is 0 Å². The molecule has 1 amide bonds. The maximum Gasteiger partial charge on any atom is 0.258 e. The zero-order valence-corrected chi connectivity index (χ0v) is 12.1. The Balaban J connectivity index is 1.64. The molecule has 0 spiro atoms. The summed E-state index contributed by atoms with van der Waals surface area (Å²) in [6.45, 7) is 1.51. The first-order valence-electron chi connectivity index (χ1n) is 6.78. The van der Waals surface area contributed by atoms with E-state index in [1.807, 2.05) is 0 Å². The Hall–Kier alpha value is -1.92. The summed E-state index contributed by atoms with van der Waals surface area (Å²) < 4.78 is 7.33. The van der Waals surface area contributed by atoms with E-state index < -0.39 is 0 Å². The first-order valence-corrected chi connectivity index (χ1v) is 7.16. The predicted molar refractivity (Wildman–Crippen MR) is 78.4 cm³/mol. The zero-order valence-electron chi connectivity index (χ0n) is 11.3. The molecule has 0 saturated carbocycles. The Bertz CT molecular complexity index is 637. The molecule has 110 valence electrons. The number of hydrogen-bond donors (Lipinski definition) is 1. The second kappa shape index (κ2) is 6.24. The summed E-state index contributed by atoms with van der Waals surface area (Å²) in [6.07, 6.45) is 7.28. The normalized spacial score (nSPS) is 17.9. The van der Waals surface area contributed by atoms with E-state index in [2.05, 4.69) is 15.4 Å². The number of ether oxygens (including phenoxy) is 1. The largest absolute Gasteiger partial charge is 0.376 e. The van der Waals surface area contributed by atoms with Crippen molar-refractivity contribution in [1.82, 2.24) is 14.8 Å². The third-order valence-corrected chi connectivity index (χ3v) is 3.61. The van der Waals surface area contributed by atoms with Gasteiger partial charge >= 0.3 is 0 Å². The van der Waals surface area contributed by atoms with Crippen LogP contribution in [0.3, 0.4) is 0 Å². The summed E-state index contributed by atoms with van der Waals surface area (Å²) in [5, 5.41) is 7.16. The number of nitrogens with zero attached hydrogens (tertiary/aromatic N) is 3. The first kappa shape index (κ1) is 14.0. The third kappa shape index (κ3) is 3.40. The standard InChI is InChI=1S/C14H15ClN4O2/c15-13-12(4-1-5-16-13)14(20)18-10-7-17-19(8-10)9-11-3-2-6-21-11/h1,4-5,7-8,11H,2-3,6,9H2,(H,18,20). The van der Waals surface area contributed by atoms with E-state index >= 15 is 0 Å². The van der Waals surface area contributed by atoms with Gasteiger partial charge in [0.15, 0.2) is 0 Å². The Morgan fingerprint density at radius 2 is 2.48 bits per heavy atom. The van der Waals surface area contributed by atoms with Gasteiger partial charge in [0, 0.05) is 19.0 Å². The molecular weight excluding hydrogens is 292 g/mol. The van der Waals surface area contributed by atoms with Crippen molar-refractivity contribution in [2.75, 3.05) is 11.9 Å². The molecule has 1 saturated heterocycles. The molecule has 6 nitrogen and oxygen atoms in total. The van der Waals surface area contributed by atoms with Crippen molar-refractivity contribution in [3.8, 4) is 0 Å². The molecule has 0 aliphatic carbocycles. The van der Waals surface area contributed by atoms with Gasteiger partial charge in [-0.05, 0) is 25.0 Å². The van der Waals surface area contributed by atoms with Gasteiger partial charge in [-0.15, -0.1) is 0 Å². The van der Waals surface area contributed by atoms with Crippen LogP contribution in [0, 0.1) is 0 Å². The molecule has 2 aromatic rings. The smallest absolute Gasteiger partial charge is 0.258 e. The number of halogens is 1. The number of carbonyl (C=O) groups excluding carboxylic acids is 1. The fourth-order valence-electron chi connectivity index (χ4n) is 2.28. The third-order valence-electron chi connectivity index (χ3n) is 3.31. The highest BCUT2D eigenvalue weighted by molar-refractivity contribution is 6.33. The van der Waals surface area contributed by atoms with Crippen LogP contribution < -0.4 is 5.32 Å². The van der Waals surface area contributed by atoms with E-state index in [0.717, 1.165) is 19.4 Å². The Morgan fingerprint density at radius 3 is 3.24 bits per heavy atom. The van der Waals surface area contributed by atoms with Gasteiger partial charge < -0.3 is 10.1 Å². The van der Waals surface area contributed by atoms with Crippen LogP contribution in [0.15, 0.2) is 30.7 Å². The molecule has 1 atom stereocenters. The minimum Gasteiger partial charge on any atom is -0.376 e. The zero-order chi connectivity index (χ0) is 14.7. The second-order valence-electron chi connectivity index (χ2n) is 4.88. The minimum atomic E-state index is -0.301. The van der Waals surface area contributed by atoms with Gasteiger partial charge in [0.1, 0.15) is 5.15 Å². The van der Waals surface area contributed by atoms with Gasteiger partial charge in [0.25, 0.3) is 5.91 Å². The second-order valence-corrected chi connectivity index (χ2v) is 5.24. The van der Waals surface area contributed by atoms with Crippen molar-refractivity contribution in [3.63, 3.8) is 0 Å². The van der Waals surface area contributed by atoms with Gasteiger partial charge in [-0.3, -0.25) is 9.48 Å². The van der Waals surface area contributed by atoms with Gasteiger partial charge in [-0.1, -0.05) is 11.6 Å². The molecule has 0 aromatic carbocycles. The molecule has 1 aliphatic rings. The number of pyridine rings is 1. The number of anilines is 1. The lowest BCUT2D eigenvalue weighted by Gasteiger charge is -2.08. The summed E-state index contributed by atoms with van der Waals surface area (Å²) in [5.41, 5.74) is 0.962. The minimum absolute atomic E-state index is 0.182. The van der Waals surface area contributed by atoms with Gasteiger partial charge in [-0.25, -0.2) is 4.98 Å². The summed E-state index contributed by atoms with van der Waals surface area (Å²) >= 11 is 5.89. The van der Waals surface area contributed by atoms with Gasteiger partial charge in [0.05, 0.1) is 30.1 Å². The molecule has 1 unspecified atom stereocenters. The van der Waals surface area contributed by atoms with Crippen LogP contribution in [0.1, 0.15) is 23.2 Å². The highest BCUT2D eigenvalue weighted by Crippen LogP contribution is 2.16. The summed E-state index contributed by atoms with van der Waals surface area (Å²) in [7, 11) is 0. The molecule has 1 N–H and O–H groups in total. The predicted octanol–water partition coefficient (Wildman–Crippen LogP) is 2.36. The van der Waals surface area contributed by atoms with E-state index in [1.54, 1.807) is 35.4 Å². The fraction of sp³-hybridized carbons (Fsp3) is 0.357. The van der Waals surface area contributed by atoms with Crippen molar-refractivity contribution in [2.45, 2.75) is 25.5 Å². The van der Waals surface area contributed by atoms with Crippen LogP contribution in [-0.2, 0) is 11.3 Å². The molecule has 7 heteroatoms. The average molecular weight is 307 g/mol. The Labute approximate surface area is 127 Å². The summed E-state index contributed by atoms with van der Waals surface area (Å²) in [4.78, 5) is 16.0. The summed E-state index contributed by atoms with van der Waals surface area (Å²) in [5.74, 6) is -0.301. The maximum absolute atomic E-state index is 12.1. The van der Waals surface area contributed by atoms with Crippen LogP contribution in [0.4, 0.5) is 5.69 Å². The molecule has 1 aliphatic heterocycles. The fourth-order valence-corrected chi connectivity index (χ4v) is 2.48. The van der Waals surface area contributed by atoms with E-state index in [-0.39, 0.29) is 17.2 Å². The van der Waals surface area contributed by atoms with Crippen molar-refractivity contribution in [1.29, 1.82) is 0 Å². The van der Waals surface area contributed by atoms with Crippen LogP contribution in [0.5, 0.6) is 0 Å². The number of nitrogens with one attached hydrogen (secondary N) is 1. The van der Waals surface area contributed by atoms with Crippen molar-refractivity contribution < 1.29 is 9.53 Å². The number of rotatable bonds is 4. The SMILES string of the molecule is O=C(Nc1cnn(CC2CCCO2)c1)c1cccnc1Cl. The van der Waals surface area contributed by atoms with E-state index in [4.69, 9.17) is 16.3 Å². The maximum atomic E-state index is 12.1. The molecule has 21 heavy (non-hydrogen) atoms. The molecule has 3 heterocycles. The molecule has 0 bridgehead atoms. The lowest BCUT2D eigenvalue weighted by molar-refractivity contribution is 0.0940. The van der Waals surface area contributed by atoms with Crippen LogP contribution in [0.25, 0.3) is 0 Å². The van der Waals surface area contributed by atoms with Crippen LogP contribution >= 0.6 is 11.6 Å². The van der Waals surface area contributed by atoms with E-state index in [9.17, 15) is 4.79 Å². The monoisotopic (exact) mass is 306 g/mol. The van der Waals surface area contributed by atoms with Crippen LogP contribution in [-0.4, -0.2) is 33.4 Å². The topological polar surface area (TPSA) is 69.0 Å². The number of aromatic nitrogens is 3. The number of carbonyl (C=O) groups is 1. The molecular formula is C14H15ClN4O2. The lowest BCUT2D eigenvalue weighted by atomic mass is 10.2. The Morgan fingerprint density at radius 1 is 1.57 bits per heavy atom. The highest BCUT2D eigenvalue weighted by Gasteiger charge is 2.17. The molecule has 0 radical (unpaired) electrons. The Kier molecular flexibility index (Phi) is 4.17. The quantitative estimate of drug-likeness (QED) is 0.880. The van der Waals surface area contributed by atoms with Gasteiger partial charge in [-0.2, -0.15) is 5.10 Å². The lowest BCUT2D eigenvalue weighted by Crippen LogP contribution is -2.15. The molecule has 1 fully saturated rings. The first-order chi connectivity index (χ1) is 10.2. The molecule has 2 aromatic heterocycles. The van der Waals surface area contributed by atoms with Crippen molar-refractivity contribution >= 4 is 23.2 Å². The van der Waals surface area contributed by atoms with Crippen molar-refractivity contribution in [3.05, 3.63) is 41.4 Å². The number of amides is 1. The van der Waals surface area contributed by atoms with E-state index in [0.29, 0.717) is 17.8 Å². The number of hydrogen-bond acceptors (Lipinski definition) is 4. The molecule has 3 rings (SSSR count). The summed E-state index contributed by atoms with van der Waals surface area (Å²) in [6, 6.07) is 3.29. The van der Waals surface area contributed by atoms with Crippen LogP contribution in [0.2, 0.25) is 5.15 Å². The van der Waals surface area contributed by atoms with Gasteiger partial charge in [0.2, 0.25) is 0 Å².